The molecule has 2 rings (SSSR count). The molecule has 0 saturated carbocycles. The topological polar surface area (TPSA) is 90.0 Å². The van der Waals surface area contributed by atoms with E-state index in [1.165, 1.54) is 19.2 Å². The minimum Gasteiger partial charge on any atom is -0.497 e. The fraction of sp³-hybridized carbons (Fsp3) is 0.300. The van der Waals surface area contributed by atoms with Crippen molar-refractivity contribution in [2.24, 2.45) is 0 Å². The third-order valence-corrected chi connectivity index (χ3v) is 6.30. The Kier molecular flexibility index (Phi) is 7.46. The number of carbonyl (C=O) groups excluding carboxylic acids is 2. The summed E-state index contributed by atoms with van der Waals surface area (Å²) in [6.45, 7) is 3.02. The van der Waals surface area contributed by atoms with Crippen molar-refractivity contribution in [2.75, 3.05) is 26.8 Å². The van der Waals surface area contributed by atoms with Crippen molar-refractivity contribution in [3.05, 3.63) is 59.4 Å². The lowest BCUT2D eigenvalue weighted by Gasteiger charge is -2.19. The minimum absolute atomic E-state index is 0.156. The Morgan fingerprint density at radius 1 is 1.00 bits per heavy atom. The number of hydrogen-bond donors (Lipinski definition) is 0. The lowest BCUT2D eigenvalue weighted by atomic mass is 10.1. The quantitative estimate of drug-likeness (QED) is 0.455. The molecule has 0 atom stereocenters. The van der Waals surface area contributed by atoms with Crippen LogP contribution < -0.4 is 4.74 Å². The van der Waals surface area contributed by atoms with Gasteiger partial charge in [0, 0.05) is 18.7 Å². The van der Waals surface area contributed by atoms with E-state index >= 15 is 0 Å². The van der Waals surface area contributed by atoms with Gasteiger partial charge in [0.2, 0.25) is 10.0 Å². The number of ether oxygens (including phenoxy) is 2. The zero-order chi connectivity index (χ0) is 21.6. The molecule has 0 fully saturated rings. The highest BCUT2D eigenvalue weighted by molar-refractivity contribution is 7.89. The lowest BCUT2D eigenvalue weighted by Crippen LogP contribution is -2.31. The summed E-state index contributed by atoms with van der Waals surface area (Å²) in [4.78, 5) is 23.8. The molecule has 0 aliphatic heterocycles. The predicted molar refractivity (Wildman–Crippen MR) is 104 cm³/mol. The molecule has 9 heteroatoms. The minimum atomic E-state index is -4.10. The largest absolute Gasteiger partial charge is 0.497 e. The molecule has 0 aromatic heterocycles. The van der Waals surface area contributed by atoms with Crippen molar-refractivity contribution in [3.63, 3.8) is 0 Å². The van der Waals surface area contributed by atoms with Gasteiger partial charge < -0.3 is 9.47 Å². The van der Waals surface area contributed by atoms with E-state index in [2.05, 4.69) is 0 Å². The number of ketones is 1. The van der Waals surface area contributed by atoms with E-state index in [0.29, 0.717) is 11.3 Å². The number of Topliss-reactive ketones (excluding diaryl/α,β-unsaturated/α-hetero) is 1. The Morgan fingerprint density at radius 3 is 2.14 bits per heavy atom. The smallest absolute Gasteiger partial charge is 0.338 e. The Bertz CT molecular complexity index is 985. The molecule has 0 aliphatic rings. The molecule has 0 unspecified atom stereocenters. The van der Waals surface area contributed by atoms with E-state index in [1.54, 1.807) is 26.0 Å². The number of nitrogens with zero attached hydrogens (tertiary/aromatic N) is 1. The van der Waals surface area contributed by atoms with Crippen molar-refractivity contribution in [2.45, 2.75) is 18.7 Å². The highest BCUT2D eigenvalue weighted by Gasteiger charge is 2.26. The van der Waals surface area contributed by atoms with Crippen LogP contribution in [0.5, 0.6) is 5.75 Å². The molecule has 29 heavy (non-hydrogen) atoms. The summed E-state index contributed by atoms with van der Waals surface area (Å²) in [5.74, 6) is -1.77. The molecule has 0 aliphatic carbocycles. The second-order valence-electron chi connectivity index (χ2n) is 5.96. The maximum Gasteiger partial charge on any atom is 0.338 e. The molecule has 0 heterocycles. The Morgan fingerprint density at radius 2 is 1.59 bits per heavy atom. The average Bonchev–Trinajstić information content (AvgIpc) is 2.72. The Hall–Kier alpha value is -2.78. The van der Waals surface area contributed by atoms with Gasteiger partial charge in [0.25, 0.3) is 0 Å². The fourth-order valence-electron chi connectivity index (χ4n) is 2.61. The third kappa shape index (κ3) is 5.18. The second kappa shape index (κ2) is 9.62. The summed E-state index contributed by atoms with van der Waals surface area (Å²) in [7, 11) is -2.60. The third-order valence-electron chi connectivity index (χ3n) is 4.24. The molecule has 0 radical (unpaired) electrons. The van der Waals surface area contributed by atoms with E-state index in [0.717, 1.165) is 22.5 Å². The maximum atomic E-state index is 14.1. The van der Waals surface area contributed by atoms with Crippen LogP contribution in [0.3, 0.4) is 0 Å². The first-order valence-electron chi connectivity index (χ1n) is 8.88. The SMILES string of the molecule is CCN(CC)S(=O)(=O)c1cc(C(=O)OCC(=O)c2ccc(OC)cc2)ccc1F. The van der Waals surface area contributed by atoms with Crippen molar-refractivity contribution in [1.29, 1.82) is 0 Å². The summed E-state index contributed by atoms with van der Waals surface area (Å²) in [6, 6.07) is 9.17. The second-order valence-corrected chi connectivity index (χ2v) is 7.87. The number of sulfonamides is 1. The van der Waals surface area contributed by atoms with E-state index in [1.807, 2.05) is 0 Å². The zero-order valence-corrected chi connectivity index (χ0v) is 17.2. The fourth-order valence-corrected chi connectivity index (χ4v) is 4.15. The van der Waals surface area contributed by atoms with Gasteiger partial charge in [0.15, 0.2) is 12.4 Å². The molecule has 0 amide bonds. The average molecular weight is 423 g/mol. The number of methoxy groups -OCH3 is 1. The van der Waals surface area contributed by atoms with Crippen molar-refractivity contribution < 1.29 is 31.9 Å². The molecule has 156 valence electrons. The summed E-state index contributed by atoms with van der Waals surface area (Å²) >= 11 is 0. The zero-order valence-electron chi connectivity index (χ0n) is 16.3. The number of benzene rings is 2. The molecular formula is C20H22FNO6S. The number of esters is 1. The Labute approximate surface area is 169 Å². The maximum absolute atomic E-state index is 14.1. The van der Waals surface area contributed by atoms with Crippen LogP contribution >= 0.6 is 0 Å². The van der Waals surface area contributed by atoms with E-state index in [4.69, 9.17) is 9.47 Å². The molecule has 2 aromatic rings. The van der Waals surface area contributed by atoms with E-state index < -0.39 is 39.1 Å². The van der Waals surface area contributed by atoms with Crippen molar-refractivity contribution in [1.82, 2.24) is 4.31 Å². The molecule has 0 spiro atoms. The lowest BCUT2D eigenvalue weighted by molar-refractivity contribution is 0.0474. The van der Waals surface area contributed by atoms with Crippen LogP contribution in [0.25, 0.3) is 0 Å². The van der Waals surface area contributed by atoms with Crippen LogP contribution in [-0.2, 0) is 14.8 Å². The normalized spacial score (nSPS) is 11.3. The summed E-state index contributed by atoms with van der Waals surface area (Å²) < 4.78 is 50.3. The van der Waals surface area contributed by atoms with Crippen LogP contribution in [0.15, 0.2) is 47.4 Å². The molecular weight excluding hydrogens is 401 g/mol. The molecule has 2 aromatic carbocycles. The molecule has 0 saturated heterocycles. The van der Waals surface area contributed by atoms with Crippen LogP contribution in [0.4, 0.5) is 4.39 Å². The molecule has 0 bridgehead atoms. The molecule has 0 N–H and O–H groups in total. The number of carbonyl (C=O) groups is 2. The first-order chi connectivity index (χ1) is 13.7. The van der Waals surface area contributed by atoms with E-state index in [-0.39, 0.29) is 18.7 Å². The predicted octanol–water partition coefficient (Wildman–Crippen LogP) is 2.90. The van der Waals surface area contributed by atoms with Gasteiger partial charge in [0.05, 0.1) is 12.7 Å². The summed E-state index contributed by atoms with van der Waals surface area (Å²) in [6.07, 6.45) is 0. The van der Waals surface area contributed by atoms with Gasteiger partial charge in [-0.3, -0.25) is 4.79 Å². The first kappa shape index (κ1) is 22.5. The molecule has 7 nitrogen and oxygen atoms in total. The van der Waals surface area contributed by atoms with Crippen LogP contribution in [0.2, 0.25) is 0 Å². The van der Waals surface area contributed by atoms with Gasteiger partial charge >= 0.3 is 5.97 Å². The standard InChI is InChI=1S/C20H22FNO6S/c1-4-22(5-2)29(25,26)19-12-15(8-11-17(19)21)20(24)28-13-18(23)14-6-9-16(27-3)10-7-14/h6-12H,4-5,13H2,1-3H3. The van der Waals surface area contributed by atoms with Crippen LogP contribution in [0, 0.1) is 5.82 Å². The number of rotatable bonds is 9. The van der Waals surface area contributed by atoms with Gasteiger partial charge in [-0.05, 0) is 42.5 Å². The monoisotopic (exact) mass is 423 g/mol. The van der Waals surface area contributed by atoms with Gasteiger partial charge in [-0.2, -0.15) is 4.31 Å². The highest BCUT2D eigenvalue weighted by atomic mass is 32.2. The van der Waals surface area contributed by atoms with Gasteiger partial charge in [-0.1, -0.05) is 13.8 Å². The Balaban J connectivity index is 2.16. The highest BCUT2D eigenvalue weighted by Crippen LogP contribution is 2.21. The van der Waals surface area contributed by atoms with Crippen molar-refractivity contribution >= 4 is 21.8 Å². The summed E-state index contributed by atoms with van der Waals surface area (Å²) in [5.41, 5.74) is 0.155. The van der Waals surface area contributed by atoms with Crippen molar-refractivity contribution in [3.8, 4) is 5.75 Å². The summed E-state index contributed by atoms with van der Waals surface area (Å²) in [5, 5.41) is 0. The van der Waals surface area contributed by atoms with Gasteiger partial charge in [0.1, 0.15) is 16.5 Å². The number of hydrogen-bond acceptors (Lipinski definition) is 6. The van der Waals surface area contributed by atoms with Gasteiger partial charge in [-0.25, -0.2) is 17.6 Å². The van der Waals surface area contributed by atoms with Gasteiger partial charge in [-0.15, -0.1) is 0 Å². The number of halogens is 1. The van der Waals surface area contributed by atoms with E-state index in [9.17, 15) is 22.4 Å². The first-order valence-corrected chi connectivity index (χ1v) is 10.3. The van der Waals surface area contributed by atoms with Crippen LogP contribution in [0.1, 0.15) is 34.6 Å². The van der Waals surface area contributed by atoms with Crippen LogP contribution in [-0.4, -0.2) is 51.3 Å².